The molecule has 0 bridgehead atoms. The summed E-state index contributed by atoms with van der Waals surface area (Å²) in [6.45, 7) is 27.9. The van der Waals surface area contributed by atoms with Gasteiger partial charge in [-0.1, -0.05) is 114 Å². The minimum absolute atomic E-state index is 0.150. The van der Waals surface area contributed by atoms with Crippen molar-refractivity contribution in [3.63, 3.8) is 0 Å². The first-order valence-electron chi connectivity index (χ1n) is 16.6. The van der Waals surface area contributed by atoms with Crippen molar-refractivity contribution < 1.29 is 29.3 Å². The highest BCUT2D eigenvalue weighted by Gasteiger charge is 2.28. The molecule has 0 saturated heterocycles. The molecule has 2 aromatic rings. The summed E-state index contributed by atoms with van der Waals surface area (Å²) in [4.78, 5) is 23.4. The molecule has 46 heavy (non-hydrogen) atoms. The van der Waals surface area contributed by atoms with Gasteiger partial charge in [-0.05, 0) is 74.3 Å². The summed E-state index contributed by atoms with van der Waals surface area (Å²) in [7, 11) is 0. The average molecular weight is 659 g/mol. The second-order valence-electron chi connectivity index (χ2n) is 16.2. The topological polar surface area (TPSA) is 93.1 Å². The third-order valence-electron chi connectivity index (χ3n) is 7.63. The van der Waals surface area contributed by atoms with Crippen molar-refractivity contribution in [3.8, 4) is 11.5 Å². The molecule has 0 spiro atoms. The van der Waals surface area contributed by atoms with Gasteiger partial charge in [0.15, 0.2) is 0 Å². The first-order chi connectivity index (χ1) is 20.9. The first kappa shape index (κ1) is 41.4. The van der Waals surface area contributed by atoms with E-state index in [1.54, 1.807) is 0 Å². The van der Waals surface area contributed by atoms with Gasteiger partial charge in [0.1, 0.15) is 18.1 Å². The van der Waals surface area contributed by atoms with Crippen molar-refractivity contribution >= 4 is 24.6 Å². The van der Waals surface area contributed by atoms with Gasteiger partial charge >= 0.3 is 11.9 Å². The highest BCUT2D eigenvalue weighted by molar-refractivity contribution is 7.80. The highest BCUT2D eigenvalue weighted by Crippen LogP contribution is 2.41. The lowest BCUT2D eigenvalue weighted by Crippen LogP contribution is -2.18. The van der Waals surface area contributed by atoms with E-state index in [4.69, 9.17) is 9.47 Å². The summed E-state index contributed by atoms with van der Waals surface area (Å²) in [5.41, 5.74) is 5.22. The van der Waals surface area contributed by atoms with Crippen LogP contribution in [0.3, 0.4) is 0 Å². The monoisotopic (exact) mass is 658 g/mol. The lowest BCUT2D eigenvalue weighted by Gasteiger charge is -2.28. The molecule has 2 N–H and O–H groups in total. The smallest absolute Gasteiger partial charge is 0.306 e. The molecule has 6 nitrogen and oxygen atoms in total. The SMILES string of the molecule is CC(C)(C)c1cc(CCC(=O)OCCS)cc(C(C)(C)C)c1O.CCCOC(=O)CCc1cc(C(C)(C)C)c(O)c(C(C)(C)C)c1. The van der Waals surface area contributed by atoms with Crippen molar-refractivity contribution in [2.75, 3.05) is 19.0 Å². The maximum Gasteiger partial charge on any atom is 0.306 e. The Bertz CT molecular complexity index is 1130. The van der Waals surface area contributed by atoms with E-state index in [2.05, 4.69) is 95.7 Å². The van der Waals surface area contributed by atoms with E-state index in [0.717, 1.165) is 39.8 Å². The number of rotatable bonds is 10. The molecule has 0 unspecified atom stereocenters. The fraction of sp³-hybridized carbons (Fsp3) is 0.641. The average Bonchev–Trinajstić information content (AvgIpc) is 2.91. The molecule has 0 atom stereocenters. The van der Waals surface area contributed by atoms with Crippen molar-refractivity contribution in [2.45, 2.75) is 144 Å². The maximum atomic E-state index is 11.7. The minimum atomic E-state index is -0.207. The van der Waals surface area contributed by atoms with Gasteiger partial charge < -0.3 is 19.7 Å². The van der Waals surface area contributed by atoms with Gasteiger partial charge in [0.05, 0.1) is 6.61 Å². The number of phenols is 2. The Labute approximate surface area is 285 Å². The zero-order valence-corrected chi connectivity index (χ0v) is 31.8. The maximum absolute atomic E-state index is 11.7. The van der Waals surface area contributed by atoms with Crippen LogP contribution in [0.5, 0.6) is 11.5 Å². The number of carbonyl (C=O) groups excluding carboxylic acids is 2. The van der Waals surface area contributed by atoms with Gasteiger partial charge in [-0.2, -0.15) is 12.6 Å². The van der Waals surface area contributed by atoms with E-state index in [1.165, 1.54) is 0 Å². The van der Waals surface area contributed by atoms with Crippen LogP contribution < -0.4 is 0 Å². The fourth-order valence-electron chi connectivity index (χ4n) is 4.98. The number of esters is 2. The van der Waals surface area contributed by atoms with Gasteiger partial charge in [0.2, 0.25) is 0 Å². The quantitative estimate of drug-likeness (QED) is 0.174. The highest BCUT2D eigenvalue weighted by atomic mass is 32.1. The number of aromatic hydroxyl groups is 2. The molecule has 0 heterocycles. The zero-order chi connectivity index (χ0) is 35.7. The Kier molecular flexibility index (Phi) is 15.2. The van der Waals surface area contributed by atoms with Crippen molar-refractivity contribution in [3.05, 3.63) is 57.6 Å². The number of hydrogen-bond donors (Lipinski definition) is 3. The van der Waals surface area contributed by atoms with Gasteiger partial charge in [0, 0.05) is 18.6 Å². The molecule has 260 valence electrons. The normalized spacial score (nSPS) is 12.3. The molecule has 2 aromatic carbocycles. The molecule has 2 rings (SSSR count). The van der Waals surface area contributed by atoms with Crippen LogP contribution in [-0.4, -0.2) is 41.1 Å². The van der Waals surface area contributed by atoms with Crippen molar-refractivity contribution in [1.29, 1.82) is 0 Å². The summed E-state index contributed by atoms with van der Waals surface area (Å²) in [6.07, 6.45) is 2.80. The Morgan fingerprint density at radius 1 is 0.587 bits per heavy atom. The van der Waals surface area contributed by atoms with Crippen LogP contribution in [0.25, 0.3) is 0 Å². The molecule has 0 aliphatic heterocycles. The van der Waals surface area contributed by atoms with Crippen LogP contribution in [0.4, 0.5) is 0 Å². The van der Waals surface area contributed by atoms with Crippen molar-refractivity contribution in [2.24, 2.45) is 0 Å². The van der Waals surface area contributed by atoms with E-state index >= 15 is 0 Å². The molecule has 0 radical (unpaired) electrons. The van der Waals surface area contributed by atoms with Crippen LogP contribution in [-0.2, 0) is 53.6 Å². The summed E-state index contributed by atoms with van der Waals surface area (Å²) in [6, 6.07) is 8.07. The van der Waals surface area contributed by atoms with Crippen LogP contribution in [0.15, 0.2) is 24.3 Å². The standard InChI is InChI=1S/C20H32O3.C19H30O3S/c1-8-11-23-17(21)10-9-14-12-15(19(2,3)4)18(22)16(13-14)20(5,6)7;1-18(2,3)14-11-13(7-8-16(20)22-9-10-23)12-15(17(14)21)19(4,5)6/h12-13,22H,8-11H2,1-7H3;11-12,21,23H,7-10H2,1-6H3. The van der Waals surface area contributed by atoms with E-state index in [9.17, 15) is 19.8 Å². The van der Waals surface area contributed by atoms with Crippen LogP contribution in [0, 0.1) is 0 Å². The molecule has 0 aliphatic rings. The Balaban J connectivity index is 0.000000460. The number of ether oxygens (including phenoxy) is 2. The zero-order valence-electron chi connectivity index (χ0n) is 30.9. The molecule has 7 heteroatoms. The molecule has 0 amide bonds. The Hall–Kier alpha value is -2.67. The number of carbonyl (C=O) groups is 2. The molecule has 0 saturated carbocycles. The van der Waals surface area contributed by atoms with Crippen LogP contribution >= 0.6 is 12.6 Å². The van der Waals surface area contributed by atoms with Gasteiger partial charge in [-0.15, -0.1) is 0 Å². The van der Waals surface area contributed by atoms with Gasteiger partial charge in [0.25, 0.3) is 0 Å². The second kappa shape index (κ2) is 16.9. The summed E-state index contributed by atoms with van der Waals surface area (Å²) < 4.78 is 10.2. The molecular formula is C39H62O6S. The number of phenolic OH excluding ortho intramolecular Hbond substituents is 2. The van der Waals surface area contributed by atoms with Crippen LogP contribution in [0.1, 0.15) is 143 Å². The van der Waals surface area contributed by atoms with Crippen molar-refractivity contribution in [1.82, 2.24) is 0 Å². The first-order valence-corrected chi connectivity index (χ1v) is 17.2. The predicted molar refractivity (Wildman–Crippen MR) is 194 cm³/mol. The number of hydrogen-bond acceptors (Lipinski definition) is 7. The number of aryl methyl sites for hydroxylation is 2. The lowest BCUT2D eigenvalue weighted by molar-refractivity contribution is -0.144. The third-order valence-corrected chi connectivity index (χ3v) is 7.81. The molecule has 0 aliphatic carbocycles. The number of thiol groups is 1. The minimum Gasteiger partial charge on any atom is -0.507 e. The van der Waals surface area contributed by atoms with Crippen LogP contribution in [0.2, 0.25) is 0 Å². The van der Waals surface area contributed by atoms with Gasteiger partial charge in [-0.25, -0.2) is 0 Å². The van der Waals surface area contributed by atoms with E-state index in [1.807, 2.05) is 31.2 Å². The largest absolute Gasteiger partial charge is 0.507 e. The van der Waals surface area contributed by atoms with Gasteiger partial charge in [-0.3, -0.25) is 9.59 Å². The third kappa shape index (κ3) is 13.2. The molecule has 0 aromatic heterocycles. The summed E-state index contributed by atoms with van der Waals surface area (Å²) in [5, 5.41) is 21.4. The molecule has 0 fully saturated rings. The van der Waals surface area contributed by atoms with E-state index in [-0.39, 0.29) is 33.6 Å². The summed E-state index contributed by atoms with van der Waals surface area (Å²) in [5.74, 6) is 0.915. The lowest BCUT2D eigenvalue weighted by atomic mass is 9.78. The fourth-order valence-corrected chi connectivity index (χ4v) is 5.07. The molecular weight excluding hydrogens is 596 g/mol. The number of benzene rings is 2. The van der Waals surface area contributed by atoms with E-state index in [0.29, 0.717) is 56.1 Å². The van der Waals surface area contributed by atoms with E-state index < -0.39 is 0 Å². The summed E-state index contributed by atoms with van der Waals surface area (Å²) >= 11 is 4.03. The Morgan fingerprint density at radius 3 is 1.11 bits per heavy atom. The second-order valence-corrected chi connectivity index (χ2v) is 16.7. The predicted octanol–water partition coefficient (Wildman–Crippen LogP) is 9.27. The Morgan fingerprint density at radius 2 is 0.870 bits per heavy atom.